The van der Waals surface area contributed by atoms with Crippen LogP contribution in [0.5, 0.6) is 0 Å². The minimum Gasteiger partial charge on any atom is -0.387 e. The van der Waals surface area contributed by atoms with E-state index >= 15 is 0 Å². The molecule has 0 rings (SSSR count). The predicted molar refractivity (Wildman–Crippen MR) is 53.5 cm³/mol. The molecule has 0 fully saturated rings. The molecule has 3 heteroatoms. The Labute approximate surface area is 75.4 Å². The fraction of sp³-hybridized carbons (Fsp3) is 0.889. The van der Waals surface area contributed by atoms with Crippen LogP contribution >= 0.6 is 0 Å². The van der Waals surface area contributed by atoms with E-state index in [4.69, 9.17) is 11.1 Å². The SMILES string of the molecule is CC(C)CN(CC(=N)N)C(C)C. The first kappa shape index (κ1) is 11.4. The minimum atomic E-state index is 0.254. The van der Waals surface area contributed by atoms with Gasteiger partial charge in [-0.05, 0) is 19.8 Å². The molecule has 0 aromatic carbocycles. The normalized spacial score (nSPS) is 11.6. The third-order valence-electron chi connectivity index (χ3n) is 1.70. The van der Waals surface area contributed by atoms with Crippen molar-refractivity contribution < 1.29 is 0 Å². The van der Waals surface area contributed by atoms with Gasteiger partial charge in [0.2, 0.25) is 0 Å². The number of rotatable bonds is 5. The Hall–Kier alpha value is -0.570. The molecule has 0 aromatic heterocycles. The van der Waals surface area contributed by atoms with Crippen molar-refractivity contribution >= 4 is 5.84 Å². The fourth-order valence-electron chi connectivity index (χ4n) is 1.15. The maximum absolute atomic E-state index is 7.20. The second-order valence-electron chi connectivity index (χ2n) is 3.94. The molecule has 3 nitrogen and oxygen atoms in total. The van der Waals surface area contributed by atoms with Crippen molar-refractivity contribution in [2.75, 3.05) is 13.1 Å². The van der Waals surface area contributed by atoms with Gasteiger partial charge in [-0.15, -0.1) is 0 Å². The number of nitrogens with one attached hydrogen (secondary N) is 1. The average Bonchev–Trinajstić information content (AvgIpc) is 1.83. The van der Waals surface area contributed by atoms with Crippen LogP contribution < -0.4 is 5.73 Å². The van der Waals surface area contributed by atoms with E-state index < -0.39 is 0 Å². The maximum atomic E-state index is 7.20. The van der Waals surface area contributed by atoms with Crippen LogP contribution in [0.4, 0.5) is 0 Å². The molecule has 0 aliphatic rings. The topological polar surface area (TPSA) is 53.1 Å². The van der Waals surface area contributed by atoms with Crippen molar-refractivity contribution in [2.45, 2.75) is 33.7 Å². The largest absolute Gasteiger partial charge is 0.387 e. The number of nitrogens with zero attached hydrogens (tertiary/aromatic N) is 1. The van der Waals surface area contributed by atoms with Gasteiger partial charge >= 0.3 is 0 Å². The summed E-state index contributed by atoms with van der Waals surface area (Å²) in [5, 5.41) is 7.20. The number of amidine groups is 1. The summed E-state index contributed by atoms with van der Waals surface area (Å²) < 4.78 is 0. The van der Waals surface area contributed by atoms with Gasteiger partial charge in [-0.3, -0.25) is 10.3 Å². The van der Waals surface area contributed by atoms with Crippen LogP contribution in [-0.2, 0) is 0 Å². The van der Waals surface area contributed by atoms with Crippen LogP contribution in [-0.4, -0.2) is 29.9 Å². The van der Waals surface area contributed by atoms with Crippen molar-refractivity contribution in [1.29, 1.82) is 5.41 Å². The second-order valence-corrected chi connectivity index (χ2v) is 3.94. The molecule has 0 unspecified atom stereocenters. The first-order valence-electron chi connectivity index (χ1n) is 4.50. The summed E-state index contributed by atoms with van der Waals surface area (Å²) in [5.74, 6) is 0.885. The van der Waals surface area contributed by atoms with Crippen molar-refractivity contribution in [3.8, 4) is 0 Å². The fourth-order valence-corrected chi connectivity index (χ4v) is 1.15. The molecule has 72 valence electrons. The van der Waals surface area contributed by atoms with Gasteiger partial charge in [0.05, 0.1) is 6.54 Å². The molecule has 0 saturated heterocycles. The molecule has 3 N–H and O–H groups in total. The number of nitrogens with two attached hydrogens (primary N) is 1. The lowest BCUT2D eigenvalue weighted by atomic mass is 10.2. The Balaban J connectivity index is 3.95. The molecular formula is C9H21N3. The van der Waals surface area contributed by atoms with Gasteiger partial charge in [0.25, 0.3) is 0 Å². The number of hydrogen-bond acceptors (Lipinski definition) is 2. The van der Waals surface area contributed by atoms with Crippen LogP contribution in [0.25, 0.3) is 0 Å². The lowest BCUT2D eigenvalue weighted by Gasteiger charge is -2.27. The molecule has 0 aromatic rings. The van der Waals surface area contributed by atoms with Crippen LogP contribution in [0.3, 0.4) is 0 Å². The van der Waals surface area contributed by atoms with Crippen LogP contribution in [0.1, 0.15) is 27.7 Å². The summed E-state index contributed by atoms with van der Waals surface area (Å²) in [4.78, 5) is 2.22. The summed E-state index contributed by atoms with van der Waals surface area (Å²) in [5.41, 5.74) is 5.35. The highest BCUT2D eigenvalue weighted by atomic mass is 15.2. The van der Waals surface area contributed by atoms with E-state index in [1.165, 1.54) is 0 Å². The third kappa shape index (κ3) is 5.13. The Kier molecular flexibility index (Phi) is 4.90. The lowest BCUT2D eigenvalue weighted by molar-refractivity contribution is 0.225. The highest BCUT2D eigenvalue weighted by Gasteiger charge is 2.11. The highest BCUT2D eigenvalue weighted by molar-refractivity contribution is 5.78. The van der Waals surface area contributed by atoms with Crippen LogP contribution in [0, 0.1) is 11.3 Å². The van der Waals surface area contributed by atoms with E-state index in [0.717, 1.165) is 6.54 Å². The Morgan fingerprint density at radius 3 is 2.08 bits per heavy atom. The Bertz CT molecular complexity index is 141. The van der Waals surface area contributed by atoms with Crippen molar-refractivity contribution in [1.82, 2.24) is 4.90 Å². The summed E-state index contributed by atoms with van der Waals surface area (Å²) in [7, 11) is 0. The molecule has 0 amide bonds. The van der Waals surface area contributed by atoms with E-state index in [9.17, 15) is 0 Å². The van der Waals surface area contributed by atoms with E-state index in [1.54, 1.807) is 0 Å². The van der Waals surface area contributed by atoms with Crippen LogP contribution in [0.15, 0.2) is 0 Å². The zero-order chi connectivity index (χ0) is 9.72. The summed E-state index contributed by atoms with van der Waals surface area (Å²) in [6, 6.07) is 0.469. The van der Waals surface area contributed by atoms with Crippen molar-refractivity contribution in [2.24, 2.45) is 11.7 Å². The van der Waals surface area contributed by atoms with Gasteiger partial charge in [-0.1, -0.05) is 13.8 Å². The van der Waals surface area contributed by atoms with Crippen LogP contribution in [0.2, 0.25) is 0 Å². The molecule has 12 heavy (non-hydrogen) atoms. The Morgan fingerprint density at radius 1 is 1.33 bits per heavy atom. The summed E-state index contributed by atoms with van der Waals surface area (Å²) in [6.45, 7) is 10.2. The standard InChI is InChI=1S/C9H21N3/c1-7(2)5-12(8(3)4)6-9(10)11/h7-8H,5-6H2,1-4H3,(H3,10,11). The van der Waals surface area contributed by atoms with E-state index in [0.29, 0.717) is 18.5 Å². The minimum absolute atomic E-state index is 0.254. The highest BCUT2D eigenvalue weighted by Crippen LogP contribution is 2.02. The maximum Gasteiger partial charge on any atom is 0.105 e. The monoisotopic (exact) mass is 171 g/mol. The molecule has 0 bridgehead atoms. The Morgan fingerprint density at radius 2 is 1.83 bits per heavy atom. The number of hydrogen-bond donors (Lipinski definition) is 2. The quantitative estimate of drug-likeness (QED) is 0.484. The predicted octanol–water partition coefficient (Wildman–Crippen LogP) is 1.29. The average molecular weight is 171 g/mol. The third-order valence-corrected chi connectivity index (χ3v) is 1.70. The van der Waals surface area contributed by atoms with Crippen molar-refractivity contribution in [3.05, 3.63) is 0 Å². The molecule has 0 spiro atoms. The summed E-state index contributed by atoms with van der Waals surface area (Å²) >= 11 is 0. The van der Waals surface area contributed by atoms with Gasteiger partial charge in [0, 0.05) is 12.6 Å². The smallest absolute Gasteiger partial charge is 0.105 e. The van der Waals surface area contributed by atoms with Gasteiger partial charge in [0.1, 0.15) is 5.84 Å². The summed E-state index contributed by atoms with van der Waals surface area (Å²) in [6.07, 6.45) is 0. The van der Waals surface area contributed by atoms with E-state index in [-0.39, 0.29) is 5.84 Å². The second kappa shape index (κ2) is 5.14. The first-order chi connectivity index (χ1) is 5.43. The van der Waals surface area contributed by atoms with E-state index in [1.807, 2.05) is 0 Å². The molecule has 0 atom stereocenters. The van der Waals surface area contributed by atoms with Gasteiger partial charge < -0.3 is 5.73 Å². The molecule has 0 radical (unpaired) electrons. The van der Waals surface area contributed by atoms with Gasteiger partial charge in [-0.2, -0.15) is 0 Å². The molecule has 0 heterocycles. The van der Waals surface area contributed by atoms with Gasteiger partial charge in [0.15, 0.2) is 0 Å². The molecule has 0 aliphatic carbocycles. The molecule has 0 saturated carbocycles. The van der Waals surface area contributed by atoms with Crippen molar-refractivity contribution in [3.63, 3.8) is 0 Å². The first-order valence-corrected chi connectivity index (χ1v) is 4.50. The molecular weight excluding hydrogens is 150 g/mol. The zero-order valence-electron chi connectivity index (χ0n) is 8.59. The zero-order valence-corrected chi connectivity index (χ0v) is 8.59. The van der Waals surface area contributed by atoms with Gasteiger partial charge in [-0.25, -0.2) is 0 Å². The lowest BCUT2D eigenvalue weighted by Crippen LogP contribution is -2.40. The molecule has 0 aliphatic heterocycles. The van der Waals surface area contributed by atoms with E-state index in [2.05, 4.69) is 32.6 Å².